The molecule has 212 valence electrons. The van der Waals surface area contributed by atoms with Crippen LogP contribution in [0.2, 0.25) is 0 Å². The van der Waals surface area contributed by atoms with Crippen LogP contribution < -0.4 is 9.62 Å². The molecule has 0 aromatic heterocycles. The maximum absolute atomic E-state index is 13.8. The van der Waals surface area contributed by atoms with E-state index in [0.29, 0.717) is 12.0 Å². The van der Waals surface area contributed by atoms with E-state index in [1.54, 1.807) is 6.07 Å². The van der Waals surface area contributed by atoms with Crippen molar-refractivity contribution in [3.8, 4) is 0 Å². The van der Waals surface area contributed by atoms with E-state index in [4.69, 9.17) is 0 Å². The van der Waals surface area contributed by atoms with Crippen LogP contribution in [0.5, 0.6) is 0 Å². The third-order valence-corrected chi connectivity index (χ3v) is 8.18. The number of non-ortho nitro benzene ring substituents is 1. The molecule has 3 rings (SSSR count). The van der Waals surface area contributed by atoms with Gasteiger partial charge in [-0.3, -0.25) is 24.0 Å². The smallest absolute Gasteiger partial charge is 0.269 e. The second-order valence-corrected chi connectivity index (χ2v) is 11.1. The minimum Gasteiger partial charge on any atom is -0.352 e. The number of hydrogen-bond donors (Lipinski definition) is 1. The topological polar surface area (TPSA) is 130 Å². The summed E-state index contributed by atoms with van der Waals surface area (Å²) in [5.74, 6) is -1.60. The van der Waals surface area contributed by atoms with Gasteiger partial charge in [-0.05, 0) is 62.2 Å². The summed E-state index contributed by atoms with van der Waals surface area (Å²) in [7, 11) is -4.30. The number of hydrogen-bond acceptors (Lipinski definition) is 6. The zero-order valence-electron chi connectivity index (χ0n) is 22.4. The monoisotopic (exact) mass is 570 g/mol. The van der Waals surface area contributed by atoms with Crippen molar-refractivity contribution in [1.29, 1.82) is 0 Å². The summed E-state index contributed by atoms with van der Waals surface area (Å²) in [6, 6.07) is 16.5. The average Bonchev–Trinajstić information content (AvgIpc) is 2.95. The molecule has 0 aliphatic heterocycles. The van der Waals surface area contributed by atoms with Crippen LogP contribution in [-0.4, -0.2) is 48.7 Å². The first-order valence-electron chi connectivity index (χ1n) is 12.6. The number of nitrogens with zero attached hydrogens (tertiary/aromatic N) is 3. The lowest BCUT2D eigenvalue weighted by Crippen LogP contribution is -2.52. The molecule has 0 aliphatic carbocycles. The van der Waals surface area contributed by atoms with Gasteiger partial charge < -0.3 is 10.2 Å². The second-order valence-electron chi connectivity index (χ2n) is 9.24. The standard InChI is InChI=1S/C28H31FN4O6S/c1-4-20(2)30-28(35)21(3)31(18-22-10-12-23(29)13-11-22)27(34)19-32(24-14-16-25(17-15-24)33(36)37)40(38,39)26-8-6-5-7-9-26/h5-17,20-21H,4,18-19H2,1-3H3,(H,30,35)/t20-,21-/m0/s1. The number of halogens is 1. The molecule has 10 nitrogen and oxygen atoms in total. The van der Waals surface area contributed by atoms with Gasteiger partial charge >= 0.3 is 0 Å². The molecule has 3 aromatic rings. The highest BCUT2D eigenvalue weighted by Crippen LogP contribution is 2.26. The second kappa shape index (κ2) is 13.2. The Hall–Kier alpha value is -4.32. The average molecular weight is 571 g/mol. The molecule has 2 amide bonds. The Bertz CT molecular complexity index is 1430. The summed E-state index contributed by atoms with van der Waals surface area (Å²) >= 11 is 0. The molecular formula is C28H31FN4O6S. The third kappa shape index (κ3) is 7.41. The van der Waals surface area contributed by atoms with Crippen LogP contribution in [0.15, 0.2) is 83.8 Å². The lowest BCUT2D eigenvalue weighted by Gasteiger charge is -2.32. The Morgan fingerprint density at radius 1 is 0.975 bits per heavy atom. The predicted octanol–water partition coefficient (Wildman–Crippen LogP) is 4.26. The third-order valence-electron chi connectivity index (χ3n) is 6.39. The van der Waals surface area contributed by atoms with Crippen LogP contribution in [0, 0.1) is 15.9 Å². The highest BCUT2D eigenvalue weighted by molar-refractivity contribution is 7.92. The molecule has 2 atom stereocenters. The van der Waals surface area contributed by atoms with Crippen LogP contribution >= 0.6 is 0 Å². The number of anilines is 1. The first-order valence-corrected chi connectivity index (χ1v) is 14.0. The zero-order chi connectivity index (χ0) is 29.4. The van der Waals surface area contributed by atoms with Gasteiger partial charge in [0.15, 0.2) is 0 Å². The summed E-state index contributed by atoms with van der Waals surface area (Å²) < 4.78 is 41.8. The highest BCUT2D eigenvalue weighted by atomic mass is 32.2. The van der Waals surface area contributed by atoms with Crippen LogP contribution in [0.4, 0.5) is 15.8 Å². The van der Waals surface area contributed by atoms with Crippen molar-refractivity contribution in [2.45, 2.75) is 50.7 Å². The fourth-order valence-electron chi connectivity index (χ4n) is 3.82. The van der Waals surface area contributed by atoms with Gasteiger partial charge in [0, 0.05) is 24.7 Å². The number of benzene rings is 3. The van der Waals surface area contributed by atoms with E-state index in [0.717, 1.165) is 16.4 Å². The number of rotatable bonds is 12. The number of carbonyl (C=O) groups is 2. The molecule has 0 heterocycles. The Morgan fingerprint density at radius 2 is 1.57 bits per heavy atom. The van der Waals surface area contributed by atoms with E-state index in [1.165, 1.54) is 72.5 Å². The molecule has 12 heteroatoms. The van der Waals surface area contributed by atoms with Crippen molar-refractivity contribution >= 4 is 33.2 Å². The van der Waals surface area contributed by atoms with Crippen molar-refractivity contribution in [3.05, 3.63) is 100 Å². The summed E-state index contributed by atoms with van der Waals surface area (Å²) in [6.45, 7) is 4.46. The number of amides is 2. The predicted molar refractivity (Wildman–Crippen MR) is 148 cm³/mol. The lowest BCUT2D eigenvalue weighted by molar-refractivity contribution is -0.384. The van der Waals surface area contributed by atoms with E-state index < -0.39 is 45.2 Å². The van der Waals surface area contributed by atoms with E-state index >= 15 is 0 Å². The van der Waals surface area contributed by atoms with Crippen molar-refractivity contribution in [1.82, 2.24) is 10.2 Å². The molecule has 0 saturated carbocycles. The van der Waals surface area contributed by atoms with Crippen molar-refractivity contribution in [2.75, 3.05) is 10.8 Å². The van der Waals surface area contributed by atoms with Crippen LogP contribution in [0.3, 0.4) is 0 Å². The van der Waals surface area contributed by atoms with Gasteiger partial charge in [-0.1, -0.05) is 37.3 Å². The van der Waals surface area contributed by atoms with Gasteiger partial charge in [0.2, 0.25) is 11.8 Å². The summed E-state index contributed by atoms with van der Waals surface area (Å²) in [6.07, 6.45) is 0.660. The lowest BCUT2D eigenvalue weighted by atomic mass is 10.1. The Balaban J connectivity index is 2.02. The van der Waals surface area contributed by atoms with E-state index in [-0.39, 0.29) is 28.9 Å². The van der Waals surface area contributed by atoms with Gasteiger partial charge in [0.25, 0.3) is 15.7 Å². The fourth-order valence-corrected chi connectivity index (χ4v) is 5.26. The molecule has 0 unspecified atom stereocenters. The van der Waals surface area contributed by atoms with Gasteiger partial charge in [0.1, 0.15) is 18.4 Å². The van der Waals surface area contributed by atoms with Crippen LogP contribution in [0.1, 0.15) is 32.8 Å². The minimum absolute atomic E-state index is 0.0289. The van der Waals surface area contributed by atoms with Crippen molar-refractivity contribution in [3.63, 3.8) is 0 Å². The molecule has 0 fully saturated rings. The fraction of sp³-hybridized carbons (Fsp3) is 0.286. The highest BCUT2D eigenvalue weighted by Gasteiger charge is 2.33. The van der Waals surface area contributed by atoms with Crippen molar-refractivity contribution < 1.29 is 27.3 Å². The molecule has 40 heavy (non-hydrogen) atoms. The molecule has 3 aromatic carbocycles. The maximum Gasteiger partial charge on any atom is 0.269 e. The normalized spacial score (nSPS) is 12.7. The molecule has 1 N–H and O–H groups in total. The SMILES string of the molecule is CC[C@H](C)NC(=O)[C@H](C)N(Cc1ccc(F)cc1)C(=O)CN(c1ccc([N+](=O)[O-])cc1)S(=O)(=O)c1ccccc1. The quantitative estimate of drug-likeness (QED) is 0.256. The van der Waals surface area contributed by atoms with Gasteiger partial charge in [-0.2, -0.15) is 0 Å². The van der Waals surface area contributed by atoms with E-state index in [9.17, 15) is 32.5 Å². The number of nitro benzene ring substituents is 1. The molecule has 0 bridgehead atoms. The van der Waals surface area contributed by atoms with Gasteiger partial charge in [-0.25, -0.2) is 12.8 Å². The summed E-state index contributed by atoms with van der Waals surface area (Å²) in [5, 5.41) is 14.0. The van der Waals surface area contributed by atoms with Crippen LogP contribution in [0.25, 0.3) is 0 Å². The number of nitrogens with one attached hydrogen (secondary N) is 1. The maximum atomic E-state index is 13.8. The minimum atomic E-state index is -4.30. The number of carbonyl (C=O) groups excluding carboxylic acids is 2. The molecule has 0 radical (unpaired) electrons. The molecule has 0 aliphatic rings. The zero-order valence-corrected chi connectivity index (χ0v) is 23.2. The van der Waals surface area contributed by atoms with E-state index in [2.05, 4.69) is 5.32 Å². The Labute approximate surface area is 232 Å². The first kappa shape index (κ1) is 30.2. The molecule has 0 spiro atoms. The molecular weight excluding hydrogens is 539 g/mol. The Morgan fingerprint density at radius 3 is 2.12 bits per heavy atom. The van der Waals surface area contributed by atoms with Crippen LogP contribution in [-0.2, 0) is 26.2 Å². The largest absolute Gasteiger partial charge is 0.352 e. The first-order chi connectivity index (χ1) is 18.9. The number of nitro groups is 1. The van der Waals surface area contributed by atoms with Gasteiger partial charge in [0.05, 0.1) is 15.5 Å². The van der Waals surface area contributed by atoms with Crippen molar-refractivity contribution in [2.24, 2.45) is 0 Å². The van der Waals surface area contributed by atoms with E-state index in [1.807, 2.05) is 13.8 Å². The number of sulfonamides is 1. The van der Waals surface area contributed by atoms with Gasteiger partial charge in [-0.15, -0.1) is 0 Å². The summed E-state index contributed by atoms with van der Waals surface area (Å²) in [4.78, 5) is 38.5. The Kier molecular flexibility index (Phi) is 9.94. The summed E-state index contributed by atoms with van der Waals surface area (Å²) in [5.41, 5.74) is 0.312. The molecule has 0 saturated heterocycles.